The van der Waals surface area contributed by atoms with Gasteiger partial charge < -0.3 is 4.42 Å². The first-order chi connectivity index (χ1) is 6.91. The Hall–Kier alpha value is -1.00. The molecular formula is C10H18F3NO. The van der Waals surface area contributed by atoms with Gasteiger partial charge in [0.2, 0.25) is 5.76 Å². The van der Waals surface area contributed by atoms with Crippen molar-refractivity contribution >= 4 is 0 Å². The summed E-state index contributed by atoms with van der Waals surface area (Å²) in [4.78, 5) is 3.49. The van der Waals surface area contributed by atoms with Crippen LogP contribution >= 0.6 is 0 Å². The zero-order valence-electron chi connectivity index (χ0n) is 9.99. The van der Waals surface area contributed by atoms with Crippen molar-refractivity contribution < 1.29 is 17.6 Å². The second-order valence-corrected chi connectivity index (χ2v) is 2.15. The second-order valence-electron chi connectivity index (χ2n) is 2.15. The van der Waals surface area contributed by atoms with Gasteiger partial charge in [0.25, 0.3) is 0 Å². The minimum Gasteiger partial charge on any atom is -0.436 e. The maximum absolute atomic E-state index is 11.9. The van der Waals surface area contributed by atoms with Gasteiger partial charge in [-0.25, -0.2) is 4.98 Å². The number of nitrogens with zero attached hydrogens (tertiary/aromatic N) is 1. The van der Waals surface area contributed by atoms with E-state index >= 15 is 0 Å². The van der Waals surface area contributed by atoms with E-state index < -0.39 is 11.9 Å². The first-order valence-corrected chi connectivity index (χ1v) is 4.92. The number of halogens is 3. The molecule has 0 aromatic carbocycles. The van der Waals surface area contributed by atoms with Crippen LogP contribution < -0.4 is 0 Å². The Labute approximate surface area is 88.5 Å². The standard InChI is InChI=1S/C6H6F3NO.2C2H6/c1-3-5(6(7,8)9)11-4(2)10-3;2*1-2/h1-2H3;2*1-2H3. The highest BCUT2D eigenvalue weighted by atomic mass is 19.4. The Balaban J connectivity index is 0. The molecule has 0 aliphatic heterocycles. The molecule has 0 saturated heterocycles. The number of oxazole rings is 1. The van der Waals surface area contributed by atoms with Crippen molar-refractivity contribution in [2.24, 2.45) is 0 Å². The van der Waals surface area contributed by atoms with Gasteiger partial charge in [-0.3, -0.25) is 0 Å². The lowest BCUT2D eigenvalue weighted by atomic mass is 10.4. The molecular weight excluding hydrogens is 207 g/mol. The van der Waals surface area contributed by atoms with Crippen LogP contribution in [0.3, 0.4) is 0 Å². The van der Waals surface area contributed by atoms with Gasteiger partial charge in [-0.15, -0.1) is 0 Å². The minimum atomic E-state index is -4.43. The topological polar surface area (TPSA) is 26.0 Å². The van der Waals surface area contributed by atoms with Gasteiger partial charge in [0.05, 0.1) is 5.69 Å². The van der Waals surface area contributed by atoms with Crippen LogP contribution in [0.5, 0.6) is 0 Å². The Kier molecular flexibility index (Phi) is 8.01. The van der Waals surface area contributed by atoms with Gasteiger partial charge >= 0.3 is 6.18 Å². The smallest absolute Gasteiger partial charge is 0.436 e. The molecule has 90 valence electrons. The van der Waals surface area contributed by atoms with E-state index in [0.717, 1.165) is 0 Å². The summed E-state index contributed by atoms with van der Waals surface area (Å²) in [5.41, 5.74) is -0.116. The molecule has 0 amide bonds. The maximum Gasteiger partial charge on any atom is 0.451 e. The van der Waals surface area contributed by atoms with E-state index in [1.807, 2.05) is 27.7 Å². The van der Waals surface area contributed by atoms with E-state index in [0.29, 0.717) is 0 Å². The molecule has 0 aliphatic rings. The quantitative estimate of drug-likeness (QED) is 0.655. The van der Waals surface area contributed by atoms with E-state index in [1.165, 1.54) is 13.8 Å². The molecule has 0 spiro atoms. The van der Waals surface area contributed by atoms with E-state index in [9.17, 15) is 13.2 Å². The molecule has 1 aromatic heterocycles. The Bertz CT molecular complexity index is 266. The van der Waals surface area contributed by atoms with Crippen LogP contribution in [0.25, 0.3) is 0 Å². The molecule has 2 nitrogen and oxygen atoms in total. The van der Waals surface area contributed by atoms with Crippen LogP contribution in [0, 0.1) is 13.8 Å². The fraction of sp³-hybridized carbons (Fsp3) is 0.700. The van der Waals surface area contributed by atoms with Crippen LogP contribution in [0.4, 0.5) is 13.2 Å². The van der Waals surface area contributed by atoms with Crippen molar-refractivity contribution in [2.45, 2.75) is 47.7 Å². The van der Waals surface area contributed by atoms with E-state index in [-0.39, 0.29) is 11.6 Å². The molecule has 1 rings (SSSR count). The van der Waals surface area contributed by atoms with Gasteiger partial charge in [-0.1, -0.05) is 27.7 Å². The molecule has 0 fully saturated rings. The molecule has 0 radical (unpaired) electrons. The zero-order chi connectivity index (χ0) is 12.6. The average molecular weight is 225 g/mol. The van der Waals surface area contributed by atoms with Crippen LogP contribution in [-0.4, -0.2) is 4.98 Å². The molecule has 1 aromatic rings. The first-order valence-electron chi connectivity index (χ1n) is 4.92. The third-order valence-corrected chi connectivity index (χ3v) is 1.16. The maximum atomic E-state index is 11.9. The number of rotatable bonds is 0. The number of aromatic nitrogens is 1. The molecule has 5 heteroatoms. The van der Waals surface area contributed by atoms with E-state index in [1.54, 1.807) is 0 Å². The van der Waals surface area contributed by atoms with Crippen LogP contribution in [-0.2, 0) is 6.18 Å². The van der Waals surface area contributed by atoms with Crippen molar-refractivity contribution in [3.8, 4) is 0 Å². The summed E-state index contributed by atoms with van der Waals surface area (Å²) in [6.45, 7) is 10.6. The van der Waals surface area contributed by atoms with E-state index in [2.05, 4.69) is 9.40 Å². The van der Waals surface area contributed by atoms with Crippen molar-refractivity contribution in [3.63, 3.8) is 0 Å². The van der Waals surface area contributed by atoms with Gasteiger partial charge in [0.15, 0.2) is 5.89 Å². The van der Waals surface area contributed by atoms with Crippen molar-refractivity contribution in [1.29, 1.82) is 0 Å². The normalized spacial score (nSPS) is 9.67. The summed E-state index contributed by atoms with van der Waals surface area (Å²) in [6.07, 6.45) is -4.43. The lowest BCUT2D eigenvalue weighted by Crippen LogP contribution is -2.04. The van der Waals surface area contributed by atoms with Crippen molar-refractivity contribution in [1.82, 2.24) is 4.98 Å². The molecule has 15 heavy (non-hydrogen) atoms. The second kappa shape index (κ2) is 7.31. The Morgan fingerprint density at radius 1 is 1.00 bits per heavy atom. The fourth-order valence-electron chi connectivity index (χ4n) is 0.794. The molecule has 0 N–H and O–H groups in total. The van der Waals surface area contributed by atoms with Crippen LogP contribution in [0.2, 0.25) is 0 Å². The predicted octanol–water partition coefficient (Wildman–Crippen LogP) is 4.36. The molecule has 0 saturated carbocycles. The molecule has 0 atom stereocenters. The molecule has 0 bridgehead atoms. The molecule has 0 unspecified atom stereocenters. The van der Waals surface area contributed by atoms with Gasteiger partial charge in [-0.2, -0.15) is 13.2 Å². The van der Waals surface area contributed by atoms with Crippen LogP contribution in [0.15, 0.2) is 4.42 Å². The zero-order valence-corrected chi connectivity index (χ0v) is 9.99. The SMILES string of the molecule is CC.CC.Cc1nc(C)c(C(F)(F)F)o1. The minimum absolute atomic E-state index is 0.0369. The summed E-state index contributed by atoms with van der Waals surface area (Å²) in [5, 5.41) is 0. The lowest BCUT2D eigenvalue weighted by molar-refractivity contribution is -0.153. The number of aryl methyl sites for hydroxylation is 2. The van der Waals surface area contributed by atoms with E-state index in [4.69, 9.17) is 0 Å². The highest BCUT2D eigenvalue weighted by Gasteiger charge is 2.37. The monoisotopic (exact) mass is 225 g/mol. The van der Waals surface area contributed by atoms with Crippen molar-refractivity contribution in [2.75, 3.05) is 0 Å². The summed E-state index contributed by atoms with van der Waals surface area (Å²) < 4.78 is 40.1. The van der Waals surface area contributed by atoms with Gasteiger partial charge in [0, 0.05) is 6.92 Å². The number of alkyl halides is 3. The predicted molar refractivity (Wildman–Crippen MR) is 53.7 cm³/mol. The Morgan fingerprint density at radius 3 is 1.53 bits per heavy atom. The summed E-state index contributed by atoms with van der Waals surface area (Å²) in [7, 11) is 0. The van der Waals surface area contributed by atoms with Gasteiger partial charge in [0.1, 0.15) is 0 Å². The summed E-state index contributed by atoms with van der Waals surface area (Å²) in [5.74, 6) is -0.968. The molecule has 0 aliphatic carbocycles. The Morgan fingerprint density at radius 2 is 1.40 bits per heavy atom. The van der Waals surface area contributed by atoms with Crippen molar-refractivity contribution in [3.05, 3.63) is 17.3 Å². The number of hydrogen-bond acceptors (Lipinski definition) is 2. The number of hydrogen-bond donors (Lipinski definition) is 0. The average Bonchev–Trinajstić information content (AvgIpc) is 2.51. The first kappa shape index (κ1) is 16.4. The largest absolute Gasteiger partial charge is 0.451 e. The van der Waals surface area contributed by atoms with Crippen LogP contribution in [0.1, 0.15) is 45.0 Å². The fourth-order valence-corrected chi connectivity index (χ4v) is 0.794. The lowest BCUT2D eigenvalue weighted by Gasteiger charge is -2.00. The highest BCUT2D eigenvalue weighted by Crippen LogP contribution is 2.31. The molecule has 1 heterocycles. The third-order valence-electron chi connectivity index (χ3n) is 1.16. The summed E-state index contributed by atoms with van der Waals surface area (Å²) in [6, 6.07) is 0. The highest BCUT2D eigenvalue weighted by molar-refractivity contribution is 5.10. The third kappa shape index (κ3) is 5.44. The summed E-state index contributed by atoms with van der Waals surface area (Å²) >= 11 is 0. The van der Waals surface area contributed by atoms with Gasteiger partial charge in [-0.05, 0) is 6.92 Å².